The van der Waals surface area contributed by atoms with Crippen molar-refractivity contribution >= 4 is 28.9 Å². The van der Waals surface area contributed by atoms with Crippen LogP contribution in [0, 0.1) is 20.2 Å². The molecule has 1 aliphatic rings. The zero-order valence-electron chi connectivity index (χ0n) is 13.3. The van der Waals surface area contributed by atoms with Crippen LogP contribution in [0.25, 0.3) is 0 Å². The van der Waals surface area contributed by atoms with E-state index in [4.69, 9.17) is 4.74 Å². The molecule has 1 fully saturated rings. The SMILES string of the molecule is COC(=O)OC1CCC(=NNc2ccc([N+](=O)[O-])cc2[N+](=O)[O-])CC1. The molecule has 134 valence electrons. The first-order valence-corrected chi connectivity index (χ1v) is 7.39. The summed E-state index contributed by atoms with van der Waals surface area (Å²) in [7, 11) is 1.24. The summed E-state index contributed by atoms with van der Waals surface area (Å²) in [6, 6.07) is 3.28. The minimum Gasteiger partial charge on any atom is -0.438 e. The molecular weight excluding hydrogens is 336 g/mol. The molecule has 1 aromatic rings. The number of nitrogens with zero attached hydrogens (tertiary/aromatic N) is 3. The molecule has 0 amide bonds. The van der Waals surface area contributed by atoms with Gasteiger partial charge in [0.05, 0.1) is 23.0 Å². The van der Waals surface area contributed by atoms with Gasteiger partial charge in [-0.15, -0.1) is 0 Å². The largest absolute Gasteiger partial charge is 0.508 e. The van der Waals surface area contributed by atoms with Gasteiger partial charge in [0.2, 0.25) is 0 Å². The van der Waals surface area contributed by atoms with Crippen molar-refractivity contribution in [3.05, 3.63) is 38.4 Å². The van der Waals surface area contributed by atoms with E-state index < -0.39 is 21.7 Å². The van der Waals surface area contributed by atoms with Gasteiger partial charge < -0.3 is 9.47 Å². The van der Waals surface area contributed by atoms with Crippen molar-refractivity contribution in [3.63, 3.8) is 0 Å². The Kier molecular flexibility index (Phi) is 5.82. The first kappa shape index (κ1) is 18.1. The second kappa shape index (κ2) is 8.04. The van der Waals surface area contributed by atoms with Gasteiger partial charge in [-0.25, -0.2) is 4.79 Å². The number of methoxy groups -OCH3 is 1. The quantitative estimate of drug-likeness (QED) is 0.483. The Morgan fingerprint density at radius 3 is 2.48 bits per heavy atom. The molecule has 1 saturated carbocycles. The average Bonchev–Trinajstić information content (AvgIpc) is 2.60. The van der Waals surface area contributed by atoms with Gasteiger partial charge in [0, 0.05) is 11.8 Å². The molecule has 2 rings (SSSR count). The molecule has 0 bridgehead atoms. The van der Waals surface area contributed by atoms with Crippen molar-refractivity contribution < 1.29 is 24.1 Å². The number of nitrogens with one attached hydrogen (secondary N) is 1. The molecule has 25 heavy (non-hydrogen) atoms. The van der Waals surface area contributed by atoms with Crippen molar-refractivity contribution in [2.24, 2.45) is 5.10 Å². The Bertz CT molecular complexity index is 709. The molecule has 0 radical (unpaired) electrons. The second-order valence-electron chi connectivity index (χ2n) is 5.28. The third kappa shape index (κ3) is 4.86. The van der Waals surface area contributed by atoms with Crippen LogP contribution < -0.4 is 5.43 Å². The van der Waals surface area contributed by atoms with Crippen molar-refractivity contribution in [1.82, 2.24) is 0 Å². The van der Waals surface area contributed by atoms with E-state index in [9.17, 15) is 25.0 Å². The number of anilines is 1. The van der Waals surface area contributed by atoms with Crippen LogP contribution in [0.1, 0.15) is 25.7 Å². The molecule has 0 heterocycles. The highest BCUT2D eigenvalue weighted by Gasteiger charge is 2.22. The highest BCUT2D eigenvalue weighted by Crippen LogP contribution is 2.29. The summed E-state index contributed by atoms with van der Waals surface area (Å²) in [5.41, 5.74) is 2.62. The number of hydrogen-bond acceptors (Lipinski definition) is 9. The highest BCUT2D eigenvalue weighted by atomic mass is 16.7. The van der Waals surface area contributed by atoms with Crippen LogP contribution >= 0.6 is 0 Å². The fraction of sp³-hybridized carbons (Fsp3) is 0.429. The van der Waals surface area contributed by atoms with Crippen molar-refractivity contribution in [1.29, 1.82) is 0 Å². The van der Waals surface area contributed by atoms with Crippen LogP contribution in [-0.4, -0.2) is 34.9 Å². The standard InChI is InChI=1S/C14H16N4O7/c1-24-14(19)25-11-5-2-9(3-6-11)15-16-12-7-4-10(17(20)21)8-13(12)18(22)23/h4,7-8,11,16H,2-3,5-6H2,1H3. The smallest absolute Gasteiger partial charge is 0.438 e. The molecule has 1 aliphatic carbocycles. The monoisotopic (exact) mass is 352 g/mol. The Morgan fingerprint density at radius 2 is 1.92 bits per heavy atom. The average molecular weight is 352 g/mol. The molecule has 1 aromatic carbocycles. The van der Waals surface area contributed by atoms with E-state index in [-0.39, 0.29) is 17.5 Å². The van der Waals surface area contributed by atoms with Gasteiger partial charge >= 0.3 is 11.8 Å². The Balaban J connectivity index is 2.01. The first-order chi connectivity index (χ1) is 11.9. The maximum Gasteiger partial charge on any atom is 0.508 e. The number of nitro groups is 2. The van der Waals surface area contributed by atoms with Crippen molar-refractivity contribution in [2.45, 2.75) is 31.8 Å². The van der Waals surface area contributed by atoms with Gasteiger partial charge in [-0.1, -0.05) is 0 Å². The van der Waals surface area contributed by atoms with Crippen LogP contribution in [0.15, 0.2) is 23.3 Å². The van der Waals surface area contributed by atoms with Gasteiger partial charge in [-0.2, -0.15) is 5.10 Å². The Hall–Kier alpha value is -3.24. The summed E-state index contributed by atoms with van der Waals surface area (Å²) >= 11 is 0. The lowest BCUT2D eigenvalue weighted by Crippen LogP contribution is -2.25. The maximum absolute atomic E-state index is 11.1. The predicted octanol–water partition coefficient (Wildman–Crippen LogP) is 3.00. The number of rotatable bonds is 5. The second-order valence-corrected chi connectivity index (χ2v) is 5.28. The lowest BCUT2D eigenvalue weighted by atomic mass is 9.96. The van der Waals surface area contributed by atoms with E-state index in [0.29, 0.717) is 25.7 Å². The zero-order valence-corrected chi connectivity index (χ0v) is 13.3. The van der Waals surface area contributed by atoms with Crippen molar-refractivity contribution in [3.8, 4) is 0 Å². The topological polar surface area (TPSA) is 146 Å². The van der Waals surface area contributed by atoms with Gasteiger partial charge in [-0.05, 0) is 31.7 Å². The van der Waals surface area contributed by atoms with Crippen LogP contribution in [-0.2, 0) is 9.47 Å². The number of carbonyl (C=O) groups is 1. The van der Waals surface area contributed by atoms with Gasteiger partial charge in [0.1, 0.15) is 11.8 Å². The zero-order chi connectivity index (χ0) is 18.4. The number of non-ortho nitro benzene ring substituents is 1. The predicted molar refractivity (Wildman–Crippen MR) is 86.6 cm³/mol. The van der Waals surface area contributed by atoms with E-state index in [1.54, 1.807) is 0 Å². The minimum atomic E-state index is -0.731. The number of nitro benzene ring substituents is 2. The summed E-state index contributed by atoms with van der Waals surface area (Å²) < 4.78 is 9.48. The molecule has 11 heteroatoms. The molecule has 0 spiro atoms. The number of benzene rings is 1. The van der Waals surface area contributed by atoms with Crippen molar-refractivity contribution in [2.75, 3.05) is 12.5 Å². The number of hydrogen-bond donors (Lipinski definition) is 1. The molecule has 0 saturated heterocycles. The van der Waals surface area contributed by atoms with E-state index in [1.165, 1.54) is 13.2 Å². The maximum atomic E-state index is 11.1. The highest BCUT2D eigenvalue weighted by molar-refractivity contribution is 5.86. The lowest BCUT2D eigenvalue weighted by Gasteiger charge is -2.22. The molecular formula is C14H16N4O7. The molecule has 11 nitrogen and oxygen atoms in total. The number of hydrazone groups is 1. The Labute approximate surface area is 141 Å². The van der Waals surface area contributed by atoms with E-state index in [0.717, 1.165) is 17.8 Å². The van der Waals surface area contributed by atoms with Gasteiger partial charge in [0.15, 0.2) is 0 Å². The van der Waals surface area contributed by atoms with E-state index >= 15 is 0 Å². The molecule has 0 unspecified atom stereocenters. The third-order valence-electron chi connectivity index (χ3n) is 3.66. The number of ether oxygens (including phenoxy) is 2. The summed E-state index contributed by atoms with van der Waals surface area (Å²) in [6.07, 6.45) is 1.26. The normalized spacial score (nSPS) is 16.7. The number of carbonyl (C=O) groups excluding carboxylic acids is 1. The van der Waals surface area contributed by atoms with Crippen LogP contribution in [0.5, 0.6) is 0 Å². The molecule has 0 atom stereocenters. The van der Waals surface area contributed by atoms with Gasteiger partial charge in [-0.3, -0.25) is 25.7 Å². The summed E-state index contributed by atoms with van der Waals surface area (Å²) in [6.45, 7) is 0. The minimum absolute atomic E-state index is 0.0658. The summed E-state index contributed by atoms with van der Waals surface area (Å²) in [5, 5.41) is 25.9. The first-order valence-electron chi connectivity index (χ1n) is 7.39. The van der Waals surface area contributed by atoms with Crippen LogP contribution in [0.2, 0.25) is 0 Å². The lowest BCUT2D eigenvalue weighted by molar-refractivity contribution is -0.393. The fourth-order valence-corrected chi connectivity index (χ4v) is 2.36. The fourth-order valence-electron chi connectivity index (χ4n) is 2.36. The Morgan fingerprint density at radius 1 is 1.24 bits per heavy atom. The summed E-state index contributed by atoms with van der Waals surface area (Å²) in [4.78, 5) is 31.4. The molecule has 0 aliphatic heterocycles. The van der Waals surface area contributed by atoms with E-state index in [1.807, 2.05) is 0 Å². The third-order valence-corrected chi connectivity index (χ3v) is 3.66. The molecule has 0 aromatic heterocycles. The van der Waals surface area contributed by atoms with Gasteiger partial charge in [0.25, 0.3) is 5.69 Å². The van der Waals surface area contributed by atoms with Crippen LogP contribution in [0.4, 0.5) is 21.9 Å². The molecule has 1 N–H and O–H groups in total. The summed E-state index contributed by atoms with van der Waals surface area (Å²) in [5.74, 6) is 0. The van der Waals surface area contributed by atoms with Crippen LogP contribution in [0.3, 0.4) is 0 Å². The van der Waals surface area contributed by atoms with E-state index in [2.05, 4.69) is 15.3 Å².